The van der Waals surface area contributed by atoms with Crippen molar-refractivity contribution >= 4 is 22.3 Å². The monoisotopic (exact) mass is 289 g/mol. The number of hydrogen-bond donors (Lipinski definition) is 0. The Morgan fingerprint density at radius 2 is 1.65 bits per heavy atom. The van der Waals surface area contributed by atoms with E-state index < -0.39 is 15.7 Å². The van der Waals surface area contributed by atoms with Gasteiger partial charge in [0.05, 0.1) is 21.5 Å². The van der Waals surface area contributed by atoms with E-state index in [0.717, 1.165) is 0 Å². The predicted octanol–water partition coefficient (Wildman–Crippen LogP) is 2.59. The number of carbonyl (C=O) groups is 1. The minimum atomic E-state index is -1.74. The second-order valence-corrected chi connectivity index (χ2v) is 5.42. The zero-order valence-corrected chi connectivity index (χ0v) is 11.2. The topological polar surface area (TPSA) is 77.3 Å². The molecule has 5 nitrogen and oxygen atoms in total. The van der Waals surface area contributed by atoms with Crippen molar-refractivity contribution in [2.75, 3.05) is 5.75 Å². The number of carbonyl (C=O) groups excluding carboxylic acids is 1. The molecule has 0 radical (unpaired) electrons. The molecule has 0 amide bonds. The zero-order chi connectivity index (χ0) is 14.5. The van der Waals surface area contributed by atoms with E-state index in [0.29, 0.717) is 5.56 Å². The molecule has 2 aromatic rings. The SMILES string of the molecule is O=C(CS(=O)c1ccccc1[N+](=O)[O-])c1ccccc1. The maximum absolute atomic E-state index is 12.1. The molecule has 0 heterocycles. The number of rotatable bonds is 5. The molecule has 0 aromatic heterocycles. The van der Waals surface area contributed by atoms with Crippen LogP contribution in [0.1, 0.15) is 10.4 Å². The Morgan fingerprint density at radius 1 is 1.05 bits per heavy atom. The summed E-state index contributed by atoms with van der Waals surface area (Å²) in [4.78, 5) is 22.3. The average Bonchev–Trinajstić information content (AvgIpc) is 2.48. The van der Waals surface area contributed by atoms with E-state index in [4.69, 9.17) is 0 Å². The van der Waals surface area contributed by atoms with Crippen LogP contribution in [-0.4, -0.2) is 20.7 Å². The summed E-state index contributed by atoms with van der Waals surface area (Å²) in [6, 6.07) is 14.2. The molecule has 0 spiro atoms. The molecular weight excluding hydrogens is 278 g/mol. The lowest BCUT2D eigenvalue weighted by Gasteiger charge is -2.03. The molecule has 0 bridgehead atoms. The van der Waals surface area contributed by atoms with Crippen LogP contribution in [0.25, 0.3) is 0 Å². The van der Waals surface area contributed by atoms with Gasteiger partial charge in [0.2, 0.25) is 0 Å². The lowest BCUT2D eigenvalue weighted by Crippen LogP contribution is -2.12. The highest BCUT2D eigenvalue weighted by molar-refractivity contribution is 7.86. The third-order valence-corrected chi connectivity index (χ3v) is 4.03. The first-order valence-electron chi connectivity index (χ1n) is 5.79. The van der Waals surface area contributed by atoms with Crippen molar-refractivity contribution in [2.45, 2.75) is 4.90 Å². The van der Waals surface area contributed by atoms with E-state index in [1.807, 2.05) is 0 Å². The first kappa shape index (κ1) is 14.1. The first-order valence-corrected chi connectivity index (χ1v) is 7.11. The van der Waals surface area contributed by atoms with Crippen LogP contribution >= 0.6 is 0 Å². The van der Waals surface area contributed by atoms with Crippen LogP contribution in [0.4, 0.5) is 5.69 Å². The van der Waals surface area contributed by atoms with Gasteiger partial charge in [-0.15, -0.1) is 0 Å². The van der Waals surface area contributed by atoms with E-state index in [-0.39, 0.29) is 22.1 Å². The normalized spacial score (nSPS) is 11.8. The number of nitro groups is 1. The Bertz CT molecular complexity index is 670. The molecule has 0 aliphatic rings. The summed E-state index contributed by atoms with van der Waals surface area (Å²) in [6.45, 7) is 0. The highest BCUT2D eigenvalue weighted by Crippen LogP contribution is 2.22. The van der Waals surface area contributed by atoms with Gasteiger partial charge in [0.15, 0.2) is 5.78 Å². The quantitative estimate of drug-likeness (QED) is 0.481. The van der Waals surface area contributed by atoms with Gasteiger partial charge in [0, 0.05) is 11.6 Å². The molecule has 20 heavy (non-hydrogen) atoms. The second-order valence-electron chi connectivity index (χ2n) is 4.00. The third-order valence-electron chi connectivity index (χ3n) is 2.67. The Hall–Kier alpha value is -2.34. The lowest BCUT2D eigenvalue weighted by molar-refractivity contribution is -0.387. The number of ketones is 1. The van der Waals surface area contributed by atoms with Gasteiger partial charge in [-0.3, -0.25) is 19.1 Å². The Balaban J connectivity index is 2.21. The van der Waals surface area contributed by atoms with E-state index in [1.54, 1.807) is 36.4 Å². The molecule has 0 N–H and O–H groups in total. The van der Waals surface area contributed by atoms with Crippen molar-refractivity contribution < 1.29 is 13.9 Å². The van der Waals surface area contributed by atoms with Crippen molar-refractivity contribution in [1.29, 1.82) is 0 Å². The second kappa shape index (κ2) is 6.21. The summed E-state index contributed by atoms with van der Waals surface area (Å²) in [5, 5.41) is 10.9. The van der Waals surface area contributed by atoms with Crippen LogP contribution in [0.5, 0.6) is 0 Å². The van der Waals surface area contributed by atoms with Crippen LogP contribution in [0.3, 0.4) is 0 Å². The van der Waals surface area contributed by atoms with Gasteiger partial charge in [0.1, 0.15) is 4.90 Å². The lowest BCUT2D eigenvalue weighted by atomic mass is 10.2. The van der Waals surface area contributed by atoms with E-state index in [9.17, 15) is 19.1 Å². The molecule has 2 rings (SSSR count). The number of hydrogen-bond acceptors (Lipinski definition) is 4. The molecule has 0 saturated carbocycles. The smallest absolute Gasteiger partial charge is 0.285 e. The molecule has 1 atom stereocenters. The van der Waals surface area contributed by atoms with Crippen LogP contribution in [0, 0.1) is 10.1 Å². The largest absolute Gasteiger partial charge is 0.293 e. The molecular formula is C14H11NO4S. The average molecular weight is 289 g/mol. The Morgan fingerprint density at radius 3 is 2.30 bits per heavy atom. The van der Waals surface area contributed by atoms with Crippen molar-refractivity contribution in [3.05, 3.63) is 70.3 Å². The van der Waals surface area contributed by atoms with Crippen molar-refractivity contribution in [2.24, 2.45) is 0 Å². The first-order chi connectivity index (χ1) is 9.59. The number of benzene rings is 2. The fourth-order valence-electron chi connectivity index (χ4n) is 1.70. The summed E-state index contributed by atoms with van der Waals surface area (Å²) >= 11 is 0. The van der Waals surface area contributed by atoms with Gasteiger partial charge >= 0.3 is 0 Å². The fourth-order valence-corrected chi connectivity index (χ4v) is 2.87. The van der Waals surface area contributed by atoms with Crippen LogP contribution < -0.4 is 0 Å². The van der Waals surface area contributed by atoms with Gasteiger partial charge in [-0.1, -0.05) is 42.5 Å². The van der Waals surface area contributed by atoms with Gasteiger partial charge in [-0.2, -0.15) is 0 Å². The number of para-hydroxylation sites is 1. The molecule has 0 aliphatic heterocycles. The van der Waals surface area contributed by atoms with Gasteiger partial charge in [-0.05, 0) is 6.07 Å². The highest BCUT2D eigenvalue weighted by atomic mass is 32.2. The molecule has 1 unspecified atom stereocenters. The van der Waals surface area contributed by atoms with Crippen LogP contribution in [0.2, 0.25) is 0 Å². The maximum Gasteiger partial charge on any atom is 0.285 e. The Kier molecular flexibility index (Phi) is 4.37. The molecule has 0 saturated heterocycles. The van der Waals surface area contributed by atoms with Crippen molar-refractivity contribution in [1.82, 2.24) is 0 Å². The molecule has 0 aliphatic carbocycles. The third kappa shape index (κ3) is 3.16. The van der Waals surface area contributed by atoms with Crippen LogP contribution in [0.15, 0.2) is 59.5 Å². The number of nitrogens with zero attached hydrogens (tertiary/aromatic N) is 1. The van der Waals surface area contributed by atoms with Crippen LogP contribution in [-0.2, 0) is 10.8 Å². The van der Waals surface area contributed by atoms with E-state index in [2.05, 4.69) is 0 Å². The number of Topliss-reactive ketones (excluding diaryl/α,β-unsaturated/α-hetero) is 1. The van der Waals surface area contributed by atoms with E-state index >= 15 is 0 Å². The van der Waals surface area contributed by atoms with Gasteiger partial charge in [-0.25, -0.2) is 0 Å². The maximum atomic E-state index is 12.1. The van der Waals surface area contributed by atoms with E-state index in [1.165, 1.54) is 18.2 Å². The predicted molar refractivity (Wildman–Crippen MR) is 75.1 cm³/mol. The van der Waals surface area contributed by atoms with Gasteiger partial charge in [0.25, 0.3) is 5.69 Å². The summed E-state index contributed by atoms with van der Waals surface area (Å²) in [5.41, 5.74) is 0.214. The Labute approximate surface area is 117 Å². The molecule has 6 heteroatoms. The summed E-state index contributed by atoms with van der Waals surface area (Å²) in [5.74, 6) is -0.573. The standard InChI is InChI=1S/C14H11NO4S/c16-13(11-6-2-1-3-7-11)10-20(19)14-9-5-4-8-12(14)15(17)18/h1-9H,10H2. The van der Waals surface area contributed by atoms with Gasteiger partial charge < -0.3 is 0 Å². The summed E-state index contributed by atoms with van der Waals surface area (Å²) < 4.78 is 12.1. The summed E-state index contributed by atoms with van der Waals surface area (Å²) in [6.07, 6.45) is 0. The molecule has 0 fully saturated rings. The minimum absolute atomic E-state index is 0.0711. The van der Waals surface area contributed by atoms with Crippen molar-refractivity contribution in [3.8, 4) is 0 Å². The summed E-state index contributed by atoms with van der Waals surface area (Å²) in [7, 11) is -1.74. The molecule has 2 aromatic carbocycles. The van der Waals surface area contributed by atoms with Crippen molar-refractivity contribution in [3.63, 3.8) is 0 Å². The minimum Gasteiger partial charge on any atom is -0.293 e. The highest BCUT2D eigenvalue weighted by Gasteiger charge is 2.20. The fraction of sp³-hybridized carbons (Fsp3) is 0.0714. The molecule has 102 valence electrons. The zero-order valence-electron chi connectivity index (χ0n) is 10.4. The number of nitro benzene ring substituents is 1.